The van der Waals surface area contributed by atoms with E-state index in [-0.39, 0.29) is 0 Å². The van der Waals surface area contributed by atoms with Crippen LogP contribution >= 0.6 is 0 Å². The summed E-state index contributed by atoms with van der Waals surface area (Å²) in [6.45, 7) is 6.29. The Morgan fingerprint density at radius 3 is 2.60 bits per heavy atom. The lowest BCUT2D eigenvalue weighted by Crippen LogP contribution is -2.38. The number of rotatable bonds is 6. The molecule has 3 nitrogen and oxygen atoms in total. The van der Waals surface area contributed by atoms with Crippen molar-refractivity contribution >= 4 is 0 Å². The highest BCUT2D eigenvalue weighted by Gasteiger charge is 2.22. The molecule has 3 heteroatoms. The van der Waals surface area contributed by atoms with Gasteiger partial charge < -0.3 is 14.8 Å². The molecule has 20 heavy (non-hydrogen) atoms. The van der Waals surface area contributed by atoms with E-state index in [1.165, 1.54) is 5.56 Å². The van der Waals surface area contributed by atoms with Gasteiger partial charge in [-0.05, 0) is 31.2 Å². The van der Waals surface area contributed by atoms with E-state index in [1.807, 2.05) is 12.1 Å². The first-order valence-corrected chi connectivity index (χ1v) is 7.67. The number of hydrogen-bond acceptors (Lipinski definition) is 3. The van der Waals surface area contributed by atoms with Crippen LogP contribution in [0.15, 0.2) is 24.3 Å². The second kappa shape index (κ2) is 7.65. The molecular weight excluding hydrogens is 250 g/mol. The largest absolute Gasteiger partial charge is 0.496 e. The number of nitrogens with one attached hydrogen (secondary N) is 1. The van der Waals surface area contributed by atoms with Crippen molar-refractivity contribution in [3.63, 3.8) is 0 Å². The summed E-state index contributed by atoms with van der Waals surface area (Å²) < 4.78 is 11.0. The summed E-state index contributed by atoms with van der Waals surface area (Å²) in [6.07, 6.45) is 3.32. The van der Waals surface area contributed by atoms with Crippen LogP contribution in [0.2, 0.25) is 0 Å². The molecule has 1 aromatic rings. The molecule has 1 heterocycles. The Balaban J connectivity index is 2.13. The standard InChI is InChI=1S/C17H27NO2/c1-13(2)12-16(18-14-8-10-20-11-9-14)15-6-4-5-7-17(15)19-3/h4-7,13-14,16,18H,8-12H2,1-3H3/t16-/m0/s1. The van der Waals surface area contributed by atoms with Crippen LogP contribution in [0.1, 0.15) is 44.7 Å². The van der Waals surface area contributed by atoms with Crippen LogP contribution in [0.25, 0.3) is 0 Å². The van der Waals surface area contributed by atoms with Gasteiger partial charge in [-0.25, -0.2) is 0 Å². The van der Waals surface area contributed by atoms with Gasteiger partial charge in [0, 0.05) is 30.9 Å². The van der Waals surface area contributed by atoms with Crippen molar-refractivity contribution in [2.24, 2.45) is 5.92 Å². The summed E-state index contributed by atoms with van der Waals surface area (Å²) in [6, 6.07) is 9.26. The van der Waals surface area contributed by atoms with E-state index in [0.29, 0.717) is 18.0 Å². The Morgan fingerprint density at radius 1 is 1.25 bits per heavy atom. The van der Waals surface area contributed by atoms with E-state index in [9.17, 15) is 0 Å². The topological polar surface area (TPSA) is 30.5 Å². The van der Waals surface area contributed by atoms with Gasteiger partial charge in [-0.1, -0.05) is 32.0 Å². The minimum absolute atomic E-state index is 0.356. The number of benzene rings is 1. The predicted octanol–water partition coefficient (Wildman–Crippen LogP) is 3.55. The molecule has 0 saturated carbocycles. The second-order valence-electron chi connectivity index (χ2n) is 5.98. The third-order valence-corrected chi connectivity index (χ3v) is 3.88. The monoisotopic (exact) mass is 277 g/mol. The second-order valence-corrected chi connectivity index (χ2v) is 5.98. The smallest absolute Gasteiger partial charge is 0.123 e. The van der Waals surface area contributed by atoms with Crippen LogP contribution in [-0.4, -0.2) is 26.4 Å². The van der Waals surface area contributed by atoms with Crippen molar-refractivity contribution < 1.29 is 9.47 Å². The lowest BCUT2D eigenvalue weighted by molar-refractivity contribution is 0.0738. The maximum absolute atomic E-state index is 5.53. The van der Waals surface area contributed by atoms with Crippen LogP contribution in [-0.2, 0) is 4.74 Å². The first kappa shape index (κ1) is 15.3. The molecule has 1 atom stereocenters. The minimum atomic E-state index is 0.356. The Hall–Kier alpha value is -1.06. The molecule has 1 N–H and O–H groups in total. The van der Waals surface area contributed by atoms with Crippen LogP contribution in [0.3, 0.4) is 0 Å². The van der Waals surface area contributed by atoms with Gasteiger partial charge in [-0.15, -0.1) is 0 Å². The highest BCUT2D eigenvalue weighted by molar-refractivity contribution is 5.36. The van der Waals surface area contributed by atoms with Crippen molar-refractivity contribution in [1.29, 1.82) is 0 Å². The number of hydrogen-bond donors (Lipinski definition) is 1. The normalized spacial score (nSPS) is 18.2. The molecule has 1 aliphatic heterocycles. The minimum Gasteiger partial charge on any atom is -0.496 e. The van der Waals surface area contributed by atoms with E-state index in [2.05, 4.69) is 31.3 Å². The fraction of sp³-hybridized carbons (Fsp3) is 0.647. The number of methoxy groups -OCH3 is 1. The van der Waals surface area contributed by atoms with Crippen LogP contribution in [0, 0.1) is 5.92 Å². The summed E-state index contributed by atoms with van der Waals surface area (Å²) >= 11 is 0. The maximum Gasteiger partial charge on any atom is 0.123 e. The SMILES string of the molecule is COc1ccccc1[C@H](CC(C)C)NC1CCOCC1. The molecule has 1 saturated heterocycles. The summed E-state index contributed by atoms with van der Waals surface area (Å²) in [7, 11) is 1.75. The van der Waals surface area contributed by atoms with Gasteiger partial charge in [0.25, 0.3) is 0 Å². The fourth-order valence-corrected chi connectivity index (χ4v) is 2.86. The molecule has 0 bridgehead atoms. The molecule has 1 aliphatic rings. The number of ether oxygens (including phenoxy) is 2. The average Bonchev–Trinajstić information content (AvgIpc) is 2.47. The summed E-state index contributed by atoms with van der Waals surface area (Å²) in [5, 5.41) is 3.82. The van der Waals surface area contributed by atoms with Crippen molar-refractivity contribution in [2.75, 3.05) is 20.3 Å². The molecule has 0 amide bonds. The van der Waals surface area contributed by atoms with Gasteiger partial charge in [0.1, 0.15) is 5.75 Å². The van der Waals surface area contributed by atoms with Gasteiger partial charge in [0.15, 0.2) is 0 Å². The molecule has 1 aromatic carbocycles. The number of para-hydroxylation sites is 1. The van der Waals surface area contributed by atoms with E-state index in [1.54, 1.807) is 7.11 Å². The Kier molecular flexibility index (Phi) is 5.86. The highest BCUT2D eigenvalue weighted by atomic mass is 16.5. The first-order chi connectivity index (χ1) is 9.70. The zero-order chi connectivity index (χ0) is 14.4. The summed E-state index contributed by atoms with van der Waals surface area (Å²) in [4.78, 5) is 0. The molecule has 0 spiro atoms. The zero-order valence-corrected chi connectivity index (χ0v) is 12.9. The van der Waals surface area contributed by atoms with Gasteiger partial charge in [0.2, 0.25) is 0 Å². The zero-order valence-electron chi connectivity index (χ0n) is 12.9. The predicted molar refractivity (Wildman–Crippen MR) is 82.2 cm³/mol. The molecule has 2 rings (SSSR count). The van der Waals surface area contributed by atoms with Crippen LogP contribution in [0.5, 0.6) is 5.75 Å². The van der Waals surface area contributed by atoms with E-state index in [4.69, 9.17) is 9.47 Å². The van der Waals surface area contributed by atoms with E-state index in [0.717, 1.165) is 38.2 Å². The lowest BCUT2D eigenvalue weighted by atomic mass is 9.94. The Labute approximate surface area is 122 Å². The van der Waals surface area contributed by atoms with Gasteiger partial charge in [-0.3, -0.25) is 0 Å². The highest BCUT2D eigenvalue weighted by Crippen LogP contribution is 2.30. The van der Waals surface area contributed by atoms with Crippen LogP contribution in [0.4, 0.5) is 0 Å². The van der Waals surface area contributed by atoms with Gasteiger partial charge >= 0.3 is 0 Å². The van der Waals surface area contributed by atoms with Crippen LogP contribution < -0.4 is 10.1 Å². The van der Waals surface area contributed by atoms with Gasteiger partial charge in [0.05, 0.1) is 7.11 Å². The van der Waals surface area contributed by atoms with Crippen molar-refractivity contribution in [1.82, 2.24) is 5.32 Å². The molecule has 0 aliphatic carbocycles. The Morgan fingerprint density at radius 2 is 1.95 bits per heavy atom. The quantitative estimate of drug-likeness (QED) is 0.862. The molecule has 0 unspecified atom stereocenters. The fourth-order valence-electron chi connectivity index (χ4n) is 2.86. The van der Waals surface area contributed by atoms with Crippen molar-refractivity contribution in [3.8, 4) is 5.75 Å². The van der Waals surface area contributed by atoms with E-state index >= 15 is 0 Å². The van der Waals surface area contributed by atoms with Crippen molar-refractivity contribution in [3.05, 3.63) is 29.8 Å². The average molecular weight is 277 g/mol. The molecule has 112 valence electrons. The van der Waals surface area contributed by atoms with Gasteiger partial charge in [-0.2, -0.15) is 0 Å². The Bertz CT molecular complexity index is 400. The van der Waals surface area contributed by atoms with Crippen molar-refractivity contribution in [2.45, 2.75) is 45.2 Å². The molecule has 0 aromatic heterocycles. The third-order valence-electron chi connectivity index (χ3n) is 3.88. The summed E-state index contributed by atoms with van der Waals surface area (Å²) in [5.74, 6) is 1.63. The molecular formula is C17H27NO2. The first-order valence-electron chi connectivity index (χ1n) is 7.67. The third kappa shape index (κ3) is 4.22. The van der Waals surface area contributed by atoms with E-state index < -0.39 is 0 Å². The molecule has 0 radical (unpaired) electrons. The lowest BCUT2D eigenvalue weighted by Gasteiger charge is -2.30. The molecule has 1 fully saturated rings. The summed E-state index contributed by atoms with van der Waals surface area (Å²) in [5.41, 5.74) is 1.27. The maximum atomic E-state index is 5.53.